The van der Waals surface area contributed by atoms with Crippen molar-refractivity contribution >= 4 is 5.96 Å². The lowest BCUT2D eigenvalue weighted by Crippen LogP contribution is -2.37. The SMILES string of the molecule is CN(CCC(F)(F)F)C(N)=NC1CCCC1. The van der Waals surface area contributed by atoms with Gasteiger partial charge >= 0.3 is 6.18 Å². The van der Waals surface area contributed by atoms with Gasteiger partial charge < -0.3 is 10.6 Å². The largest absolute Gasteiger partial charge is 0.390 e. The van der Waals surface area contributed by atoms with E-state index in [0.29, 0.717) is 0 Å². The van der Waals surface area contributed by atoms with Crippen LogP contribution in [-0.2, 0) is 0 Å². The number of rotatable bonds is 3. The molecule has 6 heteroatoms. The van der Waals surface area contributed by atoms with Crippen LogP contribution in [0.4, 0.5) is 13.2 Å². The Kier molecular flexibility index (Phi) is 4.44. The lowest BCUT2D eigenvalue weighted by atomic mass is 10.3. The van der Waals surface area contributed by atoms with Gasteiger partial charge in [-0.15, -0.1) is 0 Å². The molecule has 0 aliphatic heterocycles. The normalized spacial score (nSPS) is 19.1. The van der Waals surface area contributed by atoms with Gasteiger partial charge in [0.25, 0.3) is 0 Å². The molecule has 0 heterocycles. The summed E-state index contributed by atoms with van der Waals surface area (Å²) >= 11 is 0. The summed E-state index contributed by atoms with van der Waals surface area (Å²) in [5.41, 5.74) is 5.63. The molecule has 0 atom stereocenters. The van der Waals surface area contributed by atoms with Gasteiger partial charge in [-0.25, -0.2) is 4.99 Å². The molecule has 0 unspecified atom stereocenters. The molecule has 0 aromatic carbocycles. The summed E-state index contributed by atoms with van der Waals surface area (Å²) in [4.78, 5) is 5.60. The standard InChI is InChI=1S/C10H18F3N3/c1-16(7-6-10(11,12)13)9(14)15-8-4-2-3-5-8/h8H,2-7H2,1H3,(H2,14,15). The van der Waals surface area contributed by atoms with E-state index in [4.69, 9.17) is 5.73 Å². The first kappa shape index (κ1) is 13.1. The Morgan fingerprint density at radius 3 is 2.44 bits per heavy atom. The summed E-state index contributed by atoms with van der Waals surface area (Å²) in [6, 6.07) is 0.202. The Bertz CT molecular complexity index is 244. The monoisotopic (exact) mass is 237 g/mol. The zero-order chi connectivity index (χ0) is 12.2. The van der Waals surface area contributed by atoms with Crippen LogP contribution in [0.3, 0.4) is 0 Å². The highest BCUT2D eigenvalue weighted by atomic mass is 19.4. The predicted molar refractivity (Wildman–Crippen MR) is 57.2 cm³/mol. The maximum atomic E-state index is 12.0. The molecule has 1 saturated carbocycles. The fourth-order valence-corrected chi connectivity index (χ4v) is 1.73. The van der Waals surface area contributed by atoms with Crippen molar-refractivity contribution in [1.29, 1.82) is 0 Å². The molecule has 0 bridgehead atoms. The number of hydrogen-bond donors (Lipinski definition) is 1. The minimum atomic E-state index is -4.14. The van der Waals surface area contributed by atoms with Gasteiger partial charge in [0.2, 0.25) is 0 Å². The third-order valence-corrected chi connectivity index (χ3v) is 2.76. The second-order valence-electron chi connectivity index (χ2n) is 4.21. The average molecular weight is 237 g/mol. The van der Waals surface area contributed by atoms with E-state index in [0.717, 1.165) is 25.7 Å². The van der Waals surface area contributed by atoms with Crippen molar-refractivity contribution in [1.82, 2.24) is 4.90 Å². The average Bonchev–Trinajstić information content (AvgIpc) is 2.65. The molecule has 0 radical (unpaired) electrons. The van der Waals surface area contributed by atoms with Gasteiger partial charge in [0, 0.05) is 13.6 Å². The molecule has 2 N–H and O–H groups in total. The highest BCUT2D eigenvalue weighted by Crippen LogP contribution is 2.21. The Morgan fingerprint density at radius 1 is 1.38 bits per heavy atom. The van der Waals surface area contributed by atoms with Crippen molar-refractivity contribution in [3.8, 4) is 0 Å². The third kappa shape index (κ3) is 4.72. The smallest absolute Gasteiger partial charge is 0.370 e. The number of aliphatic imine (C=N–C) groups is 1. The molecule has 16 heavy (non-hydrogen) atoms. The van der Waals surface area contributed by atoms with Crippen molar-refractivity contribution in [2.24, 2.45) is 10.7 Å². The van der Waals surface area contributed by atoms with E-state index < -0.39 is 12.6 Å². The van der Waals surface area contributed by atoms with Gasteiger partial charge in [0.15, 0.2) is 5.96 Å². The van der Waals surface area contributed by atoms with E-state index in [1.54, 1.807) is 7.05 Å². The van der Waals surface area contributed by atoms with Crippen LogP contribution in [0.25, 0.3) is 0 Å². The summed E-state index contributed by atoms with van der Waals surface area (Å²) in [6.07, 6.45) is -0.741. The second kappa shape index (κ2) is 5.41. The Morgan fingerprint density at radius 2 is 1.94 bits per heavy atom. The van der Waals surface area contributed by atoms with Gasteiger partial charge in [-0.05, 0) is 12.8 Å². The van der Waals surface area contributed by atoms with Gasteiger partial charge in [-0.3, -0.25) is 0 Å². The first-order chi connectivity index (χ1) is 7.38. The van der Waals surface area contributed by atoms with E-state index in [2.05, 4.69) is 4.99 Å². The first-order valence-corrected chi connectivity index (χ1v) is 5.49. The Labute approximate surface area is 93.5 Å². The van der Waals surface area contributed by atoms with Gasteiger partial charge in [-0.2, -0.15) is 13.2 Å². The zero-order valence-corrected chi connectivity index (χ0v) is 9.43. The summed E-state index contributed by atoms with van der Waals surface area (Å²) in [5.74, 6) is 0.219. The third-order valence-electron chi connectivity index (χ3n) is 2.76. The van der Waals surface area contributed by atoms with Gasteiger partial charge in [0.05, 0.1) is 12.5 Å². The maximum Gasteiger partial charge on any atom is 0.390 e. The molecule has 94 valence electrons. The highest BCUT2D eigenvalue weighted by molar-refractivity contribution is 5.77. The summed E-state index contributed by atoms with van der Waals surface area (Å²) < 4.78 is 35.9. The quantitative estimate of drug-likeness (QED) is 0.603. The molecule has 0 spiro atoms. The van der Waals surface area contributed by atoms with Gasteiger partial charge in [0.1, 0.15) is 0 Å². The molecular weight excluding hydrogens is 219 g/mol. The number of nitrogens with two attached hydrogens (primary N) is 1. The van der Waals surface area contributed by atoms with Crippen molar-refractivity contribution in [2.45, 2.75) is 44.3 Å². The molecule has 0 amide bonds. The second-order valence-corrected chi connectivity index (χ2v) is 4.21. The number of hydrogen-bond acceptors (Lipinski definition) is 1. The van der Waals surface area contributed by atoms with E-state index >= 15 is 0 Å². The fourth-order valence-electron chi connectivity index (χ4n) is 1.73. The maximum absolute atomic E-state index is 12.0. The number of guanidine groups is 1. The van der Waals surface area contributed by atoms with Crippen molar-refractivity contribution in [2.75, 3.05) is 13.6 Å². The molecule has 1 rings (SSSR count). The fraction of sp³-hybridized carbons (Fsp3) is 0.900. The van der Waals surface area contributed by atoms with Crippen LogP contribution in [0.15, 0.2) is 4.99 Å². The Balaban J connectivity index is 2.37. The van der Waals surface area contributed by atoms with Crippen molar-refractivity contribution in [3.05, 3.63) is 0 Å². The van der Waals surface area contributed by atoms with Crippen LogP contribution in [0.2, 0.25) is 0 Å². The lowest BCUT2D eigenvalue weighted by molar-refractivity contribution is -0.135. The van der Waals surface area contributed by atoms with Gasteiger partial charge in [-0.1, -0.05) is 12.8 Å². The predicted octanol–water partition coefficient (Wildman–Crippen LogP) is 2.13. The van der Waals surface area contributed by atoms with Crippen LogP contribution in [0.1, 0.15) is 32.1 Å². The molecule has 1 aliphatic rings. The van der Waals surface area contributed by atoms with Crippen molar-refractivity contribution < 1.29 is 13.2 Å². The van der Waals surface area contributed by atoms with Crippen LogP contribution >= 0.6 is 0 Å². The molecule has 0 aromatic rings. The van der Waals surface area contributed by atoms with E-state index in [-0.39, 0.29) is 18.5 Å². The zero-order valence-electron chi connectivity index (χ0n) is 9.43. The summed E-state index contributed by atoms with van der Waals surface area (Å²) in [7, 11) is 1.54. The Hall–Kier alpha value is -0.940. The topological polar surface area (TPSA) is 41.6 Å². The number of alkyl halides is 3. The highest BCUT2D eigenvalue weighted by Gasteiger charge is 2.27. The number of halogens is 3. The lowest BCUT2D eigenvalue weighted by Gasteiger charge is -2.20. The van der Waals surface area contributed by atoms with Crippen LogP contribution in [0.5, 0.6) is 0 Å². The molecule has 1 fully saturated rings. The van der Waals surface area contributed by atoms with Crippen molar-refractivity contribution in [3.63, 3.8) is 0 Å². The molecule has 1 aliphatic carbocycles. The van der Waals surface area contributed by atoms with E-state index in [9.17, 15) is 13.2 Å². The van der Waals surface area contributed by atoms with Crippen LogP contribution in [-0.4, -0.2) is 36.7 Å². The molecule has 3 nitrogen and oxygen atoms in total. The van der Waals surface area contributed by atoms with E-state index in [1.807, 2.05) is 0 Å². The van der Waals surface area contributed by atoms with Crippen LogP contribution < -0.4 is 5.73 Å². The first-order valence-electron chi connectivity index (χ1n) is 5.49. The summed E-state index contributed by atoms with van der Waals surface area (Å²) in [5, 5.41) is 0. The van der Waals surface area contributed by atoms with E-state index in [1.165, 1.54) is 4.90 Å². The summed E-state index contributed by atoms with van der Waals surface area (Å²) in [6.45, 7) is -0.133. The number of nitrogens with zero attached hydrogens (tertiary/aromatic N) is 2. The molecule has 0 saturated heterocycles. The minimum Gasteiger partial charge on any atom is -0.370 e. The molecular formula is C10H18F3N3. The van der Waals surface area contributed by atoms with Crippen LogP contribution in [0, 0.1) is 0 Å². The molecule has 0 aromatic heterocycles. The minimum absolute atomic E-state index is 0.133.